The lowest BCUT2D eigenvalue weighted by molar-refractivity contribution is 0.0757. The zero-order valence-electron chi connectivity index (χ0n) is 12.6. The summed E-state index contributed by atoms with van der Waals surface area (Å²) >= 11 is 1.53. The summed E-state index contributed by atoms with van der Waals surface area (Å²) in [6.45, 7) is 3.13. The Morgan fingerprint density at radius 2 is 2.23 bits per heavy atom. The smallest absolute Gasteiger partial charge is 0.273 e. The van der Waals surface area contributed by atoms with Crippen LogP contribution in [0.4, 0.5) is 0 Å². The lowest BCUT2D eigenvalue weighted by atomic mass is 10.0. The molecule has 1 aromatic carbocycles. The maximum absolute atomic E-state index is 12.5. The summed E-state index contributed by atoms with van der Waals surface area (Å²) in [5, 5.41) is 12.4. The molecule has 0 bridgehead atoms. The van der Waals surface area contributed by atoms with Gasteiger partial charge in [-0.3, -0.25) is 4.79 Å². The molecule has 2 unspecified atom stereocenters. The van der Waals surface area contributed by atoms with Crippen molar-refractivity contribution in [3.8, 4) is 0 Å². The number of carbonyl (C=O) groups is 1. The summed E-state index contributed by atoms with van der Waals surface area (Å²) in [5.74, 6) is 0.171. The molecule has 5 heteroatoms. The van der Waals surface area contributed by atoms with E-state index in [0.717, 1.165) is 17.8 Å². The molecule has 3 rings (SSSR count). The first-order chi connectivity index (χ1) is 10.6. The van der Waals surface area contributed by atoms with Crippen molar-refractivity contribution in [1.82, 2.24) is 9.88 Å². The molecular formula is C17H20N2O2S. The Hall–Kier alpha value is -1.72. The monoisotopic (exact) mass is 316 g/mol. The maximum atomic E-state index is 12.5. The highest BCUT2D eigenvalue weighted by Crippen LogP contribution is 2.22. The number of rotatable bonds is 4. The first kappa shape index (κ1) is 15.2. The summed E-state index contributed by atoms with van der Waals surface area (Å²) in [4.78, 5) is 18.8. The second kappa shape index (κ2) is 6.58. The Balaban J connectivity index is 1.65. The number of aliphatic hydroxyl groups is 1. The molecule has 1 saturated heterocycles. The number of aromatic nitrogens is 1. The SMILES string of the molecule is CC(O)C1CCN(C(=O)c2csc(Cc3ccccc3)n2)C1. The molecule has 2 aromatic rings. The van der Waals surface area contributed by atoms with Crippen LogP contribution in [0.2, 0.25) is 0 Å². The number of likely N-dealkylation sites (tertiary alicyclic amines) is 1. The quantitative estimate of drug-likeness (QED) is 0.943. The molecule has 1 aromatic heterocycles. The van der Waals surface area contributed by atoms with Gasteiger partial charge in [0.1, 0.15) is 5.69 Å². The number of carbonyl (C=O) groups excluding carboxylic acids is 1. The van der Waals surface area contributed by atoms with Crippen LogP contribution in [0.3, 0.4) is 0 Å². The Morgan fingerprint density at radius 3 is 2.91 bits per heavy atom. The normalized spacial score (nSPS) is 19.4. The first-order valence-electron chi connectivity index (χ1n) is 7.59. The van der Waals surface area contributed by atoms with Gasteiger partial charge in [-0.1, -0.05) is 30.3 Å². The Morgan fingerprint density at radius 1 is 1.45 bits per heavy atom. The molecule has 2 heterocycles. The zero-order chi connectivity index (χ0) is 15.5. The minimum Gasteiger partial charge on any atom is -0.393 e. The average molecular weight is 316 g/mol. The van der Waals surface area contributed by atoms with Gasteiger partial charge < -0.3 is 10.0 Å². The molecule has 0 saturated carbocycles. The van der Waals surface area contributed by atoms with Gasteiger partial charge in [0.05, 0.1) is 11.1 Å². The van der Waals surface area contributed by atoms with E-state index >= 15 is 0 Å². The number of thiazole rings is 1. The number of nitrogens with zero attached hydrogens (tertiary/aromatic N) is 2. The summed E-state index contributed by atoms with van der Waals surface area (Å²) in [7, 11) is 0. The molecule has 1 aliphatic rings. The third-order valence-electron chi connectivity index (χ3n) is 4.16. The molecule has 1 aliphatic heterocycles. The Bertz CT molecular complexity index is 639. The van der Waals surface area contributed by atoms with E-state index in [1.807, 2.05) is 23.6 Å². The molecule has 4 nitrogen and oxygen atoms in total. The molecule has 0 aliphatic carbocycles. The van der Waals surface area contributed by atoms with Crippen molar-refractivity contribution in [2.24, 2.45) is 5.92 Å². The van der Waals surface area contributed by atoms with Gasteiger partial charge >= 0.3 is 0 Å². The van der Waals surface area contributed by atoms with Gasteiger partial charge in [-0.2, -0.15) is 0 Å². The average Bonchev–Trinajstić information content (AvgIpc) is 3.17. The van der Waals surface area contributed by atoms with Crippen LogP contribution in [0, 0.1) is 5.92 Å². The Kier molecular flexibility index (Phi) is 4.55. The zero-order valence-corrected chi connectivity index (χ0v) is 13.4. The maximum Gasteiger partial charge on any atom is 0.273 e. The first-order valence-corrected chi connectivity index (χ1v) is 8.47. The van der Waals surface area contributed by atoms with Gasteiger partial charge in [-0.05, 0) is 18.9 Å². The largest absolute Gasteiger partial charge is 0.393 e. The third-order valence-corrected chi connectivity index (χ3v) is 5.01. The molecule has 0 radical (unpaired) electrons. The van der Waals surface area contributed by atoms with Crippen LogP contribution in [0.5, 0.6) is 0 Å². The van der Waals surface area contributed by atoms with Crippen molar-refractivity contribution in [3.05, 3.63) is 52.0 Å². The highest BCUT2D eigenvalue weighted by molar-refractivity contribution is 7.09. The van der Waals surface area contributed by atoms with Gasteiger partial charge in [0, 0.05) is 30.8 Å². The Labute approximate surface area is 134 Å². The molecule has 22 heavy (non-hydrogen) atoms. The highest BCUT2D eigenvalue weighted by Gasteiger charge is 2.30. The summed E-state index contributed by atoms with van der Waals surface area (Å²) in [6, 6.07) is 10.1. The van der Waals surface area contributed by atoms with E-state index in [1.165, 1.54) is 16.9 Å². The summed E-state index contributed by atoms with van der Waals surface area (Å²) in [5.41, 5.74) is 1.73. The van der Waals surface area contributed by atoms with E-state index in [4.69, 9.17) is 0 Å². The topological polar surface area (TPSA) is 53.4 Å². The number of hydrogen-bond acceptors (Lipinski definition) is 4. The molecule has 1 amide bonds. The fourth-order valence-corrected chi connectivity index (χ4v) is 3.59. The van der Waals surface area contributed by atoms with Crippen LogP contribution in [-0.4, -0.2) is 40.1 Å². The van der Waals surface area contributed by atoms with Crippen molar-refractivity contribution >= 4 is 17.2 Å². The van der Waals surface area contributed by atoms with Crippen LogP contribution in [0.1, 0.15) is 34.4 Å². The van der Waals surface area contributed by atoms with Crippen LogP contribution < -0.4 is 0 Å². The predicted molar refractivity (Wildman–Crippen MR) is 87.1 cm³/mol. The molecular weight excluding hydrogens is 296 g/mol. The highest BCUT2D eigenvalue weighted by atomic mass is 32.1. The van der Waals surface area contributed by atoms with E-state index in [2.05, 4.69) is 17.1 Å². The van der Waals surface area contributed by atoms with Gasteiger partial charge in [-0.25, -0.2) is 4.98 Å². The fourth-order valence-electron chi connectivity index (χ4n) is 2.79. The van der Waals surface area contributed by atoms with E-state index < -0.39 is 0 Å². The van der Waals surface area contributed by atoms with Crippen molar-refractivity contribution in [2.75, 3.05) is 13.1 Å². The standard InChI is InChI=1S/C17H20N2O2S/c1-12(20)14-7-8-19(10-14)17(21)15-11-22-16(18-15)9-13-5-3-2-4-6-13/h2-6,11-12,14,20H,7-10H2,1H3. The minimum atomic E-state index is -0.359. The van der Waals surface area contributed by atoms with Gasteiger partial charge in [0.15, 0.2) is 0 Å². The lowest BCUT2D eigenvalue weighted by Crippen LogP contribution is -2.30. The van der Waals surface area contributed by atoms with E-state index in [9.17, 15) is 9.90 Å². The van der Waals surface area contributed by atoms with Crippen molar-refractivity contribution in [3.63, 3.8) is 0 Å². The van der Waals surface area contributed by atoms with Gasteiger partial charge in [-0.15, -0.1) is 11.3 Å². The van der Waals surface area contributed by atoms with E-state index in [1.54, 1.807) is 11.8 Å². The van der Waals surface area contributed by atoms with Crippen LogP contribution in [0.25, 0.3) is 0 Å². The van der Waals surface area contributed by atoms with Gasteiger partial charge in [0.25, 0.3) is 5.91 Å². The second-order valence-electron chi connectivity index (χ2n) is 5.83. The molecule has 116 valence electrons. The van der Waals surface area contributed by atoms with Crippen LogP contribution in [-0.2, 0) is 6.42 Å². The lowest BCUT2D eigenvalue weighted by Gasteiger charge is -2.16. The van der Waals surface area contributed by atoms with Gasteiger partial charge in [0.2, 0.25) is 0 Å². The molecule has 1 N–H and O–H groups in total. The fraction of sp³-hybridized carbons (Fsp3) is 0.412. The van der Waals surface area contributed by atoms with Crippen molar-refractivity contribution in [1.29, 1.82) is 0 Å². The number of amides is 1. The number of hydrogen-bond donors (Lipinski definition) is 1. The minimum absolute atomic E-state index is 0.0151. The number of aliphatic hydroxyl groups excluding tert-OH is 1. The van der Waals surface area contributed by atoms with Crippen LogP contribution >= 0.6 is 11.3 Å². The van der Waals surface area contributed by atoms with Crippen molar-refractivity contribution in [2.45, 2.75) is 25.9 Å². The summed E-state index contributed by atoms with van der Waals surface area (Å²) in [6.07, 6.45) is 1.27. The van der Waals surface area contributed by atoms with E-state index in [0.29, 0.717) is 18.8 Å². The third kappa shape index (κ3) is 3.36. The molecule has 0 spiro atoms. The van der Waals surface area contributed by atoms with Crippen molar-refractivity contribution < 1.29 is 9.90 Å². The second-order valence-corrected chi connectivity index (χ2v) is 6.77. The number of benzene rings is 1. The molecule has 2 atom stereocenters. The summed E-state index contributed by atoms with van der Waals surface area (Å²) < 4.78 is 0. The predicted octanol–water partition coefficient (Wildman–Crippen LogP) is 2.58. The molecule has 1 fully saturated rings. The van der Waals surface area contributed by atoms with Crippen LogP contribution in [0.15, 0.2) is 35.7 Å². The van der Waals surface area contributed by atoms with E-state index in [-0.39, 0.29) is 17.9 Å².